The van der Waals surface area contributed by atoms with E-state index >= 15 is 0 Å². The molecule has 2 aliphatic rings. The Morgan fingerprint density at radius 3 is 2.82 bits per heavy atom. The summed E-state index contributed by atoms with van der Waals surface area (Å²) in [6, 6.07) is 9.48. The van der Waals surface area contributed by atoms with Gasteiger partial charge < -0.3 is 19.7 Å². The third-order valence-electron chi connectivity index (χ3n) is 3.88. The Balaban J connectivity index is 1.43. The van der Waals surface area contributed by atoms with Gasteiger partial charge in [-0.2, -0.15) is 0 Å². The van der Waals surface area contributed by atoms with E-state index < -0.39 is 6.09 Å². The van der Waals surface area contributed by atoms with Crippen molar-refractivity contribution in [2.75, 3.05) is 19.7 Å². The van der Waals surface area contributed by atoms with Crippen LogP contribution in [0.25, 0.3) is 0 Å². The van der Waals surface area contributed by atoms with E-state index in [1.165, 1.54) is 0 Å². The molecule has 0 radical (unpaired) electrons. The molecule has 1 aromatic carbocycles. The van der Waals surface area contributed by atoms with Crippen molar-refractivity contribution in [2.45, 2.75) is 31.6 Å². The van der Waals surface area contributed by atoms with Gasteiger partial charge in [0.25, 0.3) is 5.91 Å². The van der Waals surface area contributed by atoms with E-state index in [1.807, 2.05) is 30.3 Å². The summed E-state index contributed by atoms with van der Waals surface area (Å²) in [6.07, 6.45) is 1.03. The summed E-state index contributed by atoms with van der Waals surface area (Å²) in [7, 11) is 0. The first-order valence-electron chi connectivity index (χ1n) is 7.60. The van der Waals surface area contributed by atoms with Crippen LogP contribution in [0.4, 0.5) is 4.79 Å². The molecule has 22 heavy (non-hydrogen) atoms. The van der Waals surface area contributed by atoms with E-state index in [4.69, 9.17) is 9.47 Å². The number of alkyl carbamates (subject to hydrolysis) is 1. The summed E-state index contributed by atoms with van der Waals surface area (Å²) >= 11 is 0. The molecule has 0 bridgehead atoms. The van der Waals surface area contributed by atoms with Crippen LogP contribution in [-0.4, -0.2) is 48.7 Å². The maximum Gasteiger partial charge on any atom is 0.407 e. The first kappa shape index (κ1) is 14.8. The van der Waals surface area contributed by atoms with Crippen LogP contribution in [-0.2, 0) is 20.9 Å². The maximum absolute atomic E-state index is 12.0. The van der Waals surface area contributed by atoms with Gasteiger partial charge >= 0.3 is 6.09 Å². The lowest BCUT2D eigenvalue weighted by Crippen LogP contribution is -2.50. The zero-order valence-electron chi connectivity index (χ0n) is 12.4. The van der Waals surface area contributed by atoms with E-state index in [0.717, 1.165) is 24.9 Å². The van der Waals surface area contributed by atoms with Crippen molar-refractivity contribution in [3.63, 3.8) is 0 Å². The second-order valence-corrected chi connectivity index (χ2v) is 5.65. The Bertz CT molecular complexity index is 530. The van der Waals surface area contributed by atoms with Gasteiger partial charge in [0.05, 0.1) is 6.61 Å². The number of ether oxygens (including phenoxy) is 2. The number of carbonyl (C=O) groups is 2. The second kappa shape index (κ2) is 6.79. The van der Waals surface area contributed by atoms with Gasteiger partial charge in [0, 0.05) is 19.1 Å². The lowest BCUT2D eigenvalue weighted by atomic mass is 10.1. The number of carbonyl (C=O) groups excluding carboxylic acids is 2. The summed E-state index contributed by atoms with van der Waals surface area (Å²) in [5, 5.41) is 2.84. The molecule has 2 unspecified atom stereocenters. The van der Waals surface area contributed by atoms with Crippen molar-refractivity contribution in [1.29, 1.82) is 0 Å². The Labute approximate surface area is 129 Å². The highest BCUT2D eigenvalue weighted by atomic mass is 16.6. The van der Waals surface area contributed by atoms with Gasteiger partial charge in [0.2, 0.25) is 0 Å². The molecule has 0 saturated carbocycles. The van der Waals surface area contributed by atoms with Crippen molar-refractivity contribution >= 4 is 12.0 Å². The zero-order chi connectivity index (χ0) is 15.4. The number of amides is 2. The van der Waals surface area contributed by atoms with Crippen molar-refractivity contribution in [2.24, 2.45) is 0 Å². The van der Waals surface area contributed by atoms with Crippen molar-refractivity contribution in [1.82, 2.24) is 10.2 Å². The molecule has 0 aliphatic carbocycles. The van der Waals surface area contributed by atoms with Crippen LogP contribution >= 0.6 is 0 Å². The number of epoxide rings is 1. The van der Waals surface area contributed by atoms with Crippen LogP contribution < -0.4 is 5.32 Å². The van der Waals surface area contributed by atoms with Gasteiger partial charge in [0.1, 0.15) is 6.61 Å². The third-order valence-corrected chi connectivity index (χ3v) is 3.88. The maximum atomic E-state index is 12.0. The Kier molecular flexibility index (Phi) is 4.58. The van der Waals surface area contributed by atoms with E-state index in [1.54, 1.807) is 4.90 Å². The third kappa shape index (κ3) is 3.98. The molecule has 0 aromatic heterocycles. The molecular formula is C16H20N2O4. The van der Waals surface area contributed by atoms with E-state index in [2.05, 4.69) is 5.32 Å². The minimum absolute atomic E-state index is 0.0316. The number of nitrogens with one attached hydrogen (secondary N) is 1. The smallest absolute Gasteiger partial charge is 0.407 e. The fraction of sp³-hybridized carbons (Fsp3) is 0.500. The topological polar surface area (TPSA) is 71.2 Å². The van der Waals surface area contributed by atoms with Crippen molar-refractivity contribution in [3.8, 4) is 0 Å². The quantitative estimate of drug-likeness (QED) is 0.851. The van der Waals surface area contributed by atoms with Gasteiger partial charge in [-0.15, -0.1) is 0 Å². The minimum atomic E-state index is -0.439. The predicted octanol–water partition coefficient (Wildman–Crippen LogP) is 1.30. The number of benzene rings is 1. The monoisotopic (exact) mass is 304 g/mol. The minimum Gasteiger partial charge on any atom is -0.445 e. The highest BCUT2D eigenvalue weighted by molar-refractivity contribution is 5.83. The van der Waals surface area contributed by atoms with Crippen LogP contribution in [0.3, 0.4) is 0 Å². The van der Waals surface area contributed by atoms with E-state index in [0.29, 0.717) is 13.2 Å². The van der Waals surface area contributed by atoms with Gasteiger partial charge in [-0.3, -0.25) is 4.79 Å². The Morgan fingerprint density at radius 1 is 1.32 bits per heavy atom. The van der Waals surface area contributed by atoms with Crippen molar-refractivity contribution in [3.05, 3.63) is 35.9 Å². The molecule has 2 saturated heterocycles. The second-order valence-electron chi connectivity index (χ2n) is 5.65. The average Bonchev–Trinajstić information content (AvgIpc) is 3.38. The SMILES string of the molecule is O=C(NC1CCCN(C(=O)C2CO2)C1)OCc1ccccc1. The summed E-state index contributed by atoms with van der Waals surface area (Å²) < 4.78 is 10.2. The average molecular weight is 304 g/mol. The molecule has 6 heteroatoms. The van der Waals surface area contributed by atoms with Gasteiger partial charge in [0.15, 0.2) is 6.10 Å². The highest BCUT2D eigenvalue weighted by Gasteiger charge is 2.37. The number of nitrogens with zero attached hydrogens (tertiary/aromatic N) is 1. The number of hydrogen-bond acceptors (Lipinski definition) is 4. The molecular weight excluding hydrogens is 284 g/mol. The first-order chi connectivity index (χ1) is 10.7. The summed E-state index contributed by atoms with van der Waals surface area (Å²) in [5.74, 6) is 0.0316. The summed E-state index contributed by atoms with van der Waals surface area (Å²) in [5.41, 5.74) is 0.948. The fourth-order valence-electron chi connectivity index (χ4n) is 2.62. The molecule has 6 nitrogen and oxygen atoms in total. The predicted molar refractivity (Wildman–Crippen MR) is 79.1 cm³/mol. The normalized spacial score (nSPS) is 23.7. The number of rotatable bonds is 4. The van der Waals surface area contributed by atoms with Crippen LogP contribution in [0.2, 0.25) is 0 Å². The molecule has 2 heterocycles. The molecule has 2 fully saturated rings. The first-order valence-corrected chi connectivity index (χ1v) is 7.60. The van der Waals surface area contributed by atoms with E-state index in [9.17, 15) is 9.59 Å². The van der Waals surface area contributed by atoms with Crippen LogP contribution in [0.15, 0.2) is 30.3 Å². The molecule has 118 valence electrons. The van der Waals surface area contributed by atoms with Crippen molar-refractivity contribution < 1.29 is 19.1 Å². The molecule has 0 spiro atoms. The molecule has 2 aliphatic heterocycles. The molecule has 1 N–H and O–H groups in total. The number of hydrogen-bond donors (Lipinski definition) is 1. The summed E-state index contributed by atoms with van der Waals surface area (Å²) in [6.45, 7) is 2.03. The van der Waals surface area contributed by atoms with Gasteiger partial charge in [-0.05, 0) is 18.4 Å². The van der Waals surface area contributed by atoms with Gasteiger partial charge in [-0.1, -0.05) is 30.3 Å². The molecule has 2 atom stereocenters. The lowest BCUT2D eigenvalue weighted by molar-refractivity contribution is -0.133. The van der Waals surface area contributed by atoms with Crippen LogP contribution in [0.5, 0.6) is 0 Å². The Morgan fingerprint density at radius 2 is 2.09 bits per heavy atom. The fourth-order valence-corrected chi connectivity index (χ4v) is 2.62. The summed E-state index contributed by atoms with van der Waals surface area (Å²) in [4.78, 5) is 25.6. The molecule has 3 rings (SSSR count). The molecule has 1 aromatic rings. The zero-order valence-corrected chi connectivity index (χ0v) is 12.4. The Hall–Kier alpha value is -2.08. The number of likely N-dealkylation sites (tertiary alicyclic amines) is 1. The standard InChI is InChI=1S/C16H20N2O4/c19-15(14-11-21-14)18-8-4-7-13(9-18)17-16(20)22-10-12-5-2-1-3-6-12/h1-3,5-6,13-14H,4,7-11H2,(H,17,20). The molecule has 2 amide bonds. The number of piperidine rings is 1. The highest BCUT2D eigenvalue weighted by Crippen LogP contribution is 2.17. The van der Waals surface area contributed by atoms with E-state index in [-0.39, 0.29) is 24.7 Å². The van der Waals surface area contributed by atoms with Gasteiger partial charge in [-0.25, -0.2) is 4.79 Å². The van der Waals surface area contributed by atoms with Crippen LogP contribution in [0.1, 0.15) is 18.4 Å². The van der Waals surface area contributed by atoms with Crippen LogP contribution in [0, 0.1) is 0 Å². The lowest BCUT2D eigenvalue weighted by Gasteiger charge is -2.32. The largest absolute Gasteiger partial charge is 0.445 e.